The molecule has 0 radical (unpaired) electrons. The predicted molar refractivity (Wildman–Crippen MR) is 81.5 cm³/mol. The van der Waals surface area contributed by atoms with Gasteiger partial charge in [0.25, 0.3) is 0 Å². The quantitative estimate of drug-likeness (QED) is 0.405. The fourth-order valence-corrected chi connectivity index (χ4v) is 2.28. The maximum absolute atomic E-state index is 12.1. The molecule has 18 heavy (non-hydrogen) atoms. The van der Waals surface area contributed by atoms with E-state index in [2.05, 4.69) is 29.8 Å². The van der Waals surface area contributed by atoms with Crippen LogP contribution in [0.2, 0.25) is 0 Å². The molecule has 0 spiro atoms. The number of hydrogen-bond donors (Lipinski definition) is 1. The molecule has 108 valence electrons. The summed E-state index contributed by atoms with van der Waals surface area (Å²) in [6.45, 7) is 8.63. The molecule has 0 aliphatic carbocycles. The summed E-state index contributed by atoms with van der Waals surface area (Å²) in [7, 11) is 1.86. The van der Waals surface area contributed by atoms with Crippen molar-refractivity contribution in [3.05, 3.63) is 0 Å². The lowest BCUT2D eigenvalue weighted by molar-refractivity contribution is -0.161. The van der Waals surface area contributed by atoms with Gasteiger partial charge >= 0.3 is 5.97 Å². The molecule has 0 aromatic heterocycles. The van der Waals surface area contributed by atoms with Gasteiger partial charge in [-0.2, -0.15) is 0 Å². The lowest BCUT2D eigenvalue weighted by atomic mass is 9.75. The molecule has 0 saturated carbocycles. The van der Waals surface area contributed by atoms with Crippen molar-refractivity contribution in [2.24, 2.45) is 11.3 Å². The Labute approximate surface area is 125 Å². The van der Waals surface area contributed by atoms with Crippen LogP contribution in [0.15, 0.2) is 0 Å². The second kappa shape index (κ2) is 8.32. The lowest BCUT2D eigenvalue weighted by Gasteiger charge is -2.31. The third-order valence-electron chi connectivity index (χ3n) is 3.38. The summed E-state index contributed by atoms with van der Waals surface area (Å²) >= 11 is 2.09. The molecule has 0 saturated heterocycles. The smallest absolute Gasteiger partial charge is 0.312 e. The first-order valence-corrected chi connectivity index (χ1v) is 7.42. The molecule has 0 heterocycles. The van der Waals surface area contributed by atoms with Gasteiger partial charge in [0.05, 0.1) is 5.41 Å². The number of hydrogen-bond acceptors (Lipinski definition) is 4. The van der Waals surface area contributed by atoms with Crippen molar-refractivity contribution in [2.45, 2.75) is 46.6 Å². The minimum atomic E-state index is -0.631. The van der Waals surface area contributed by atoms with Crippen molar-refractivity contribution in [3.8, 4) is 0 Å². The molecule has 0 aromatic carbocycles. The second-order valence-electron chi connectivity index (χ2n) is 5.36. The predicted octanol–water partition coefficient (Wildman–Crippen LogP) is 2.63. The molecule has 0 aliphatic rings. The average molecular weight is 371 g/mol. The monoisotopic (exact) mass is 371 g/mol. The number of nitrogens with zero attached hydrogens (tertiary/aromatic N) is 1. The fourth-order valence-electron chi connectivity index (χ4n) is 1.83. The zero-order chi connectivity index (χ0) is 14.3. The SMILES string of the molecule is CCCC(C)(C(=O)OCC(O)CN(C)I)C(C)C. The van der Waals surface area contributed by atoms with E-state index in [1.165, 1.54) is 0 Å². The molecule has 5 heteroatoms. The number of esters is 1. The van der Waals surface area contributed by atoms with Crippen LogP contribution in [0.4, 0.5) is 0 Å². The number of halogens is 1. The van der Waals surface area contributed by atoms with Crippen LogP contribution in [-0.4, -0.2) is 40.5 Å². The first-order chi connectivity index (χ1) is 8.24. The van der Waals surface area contributed by atoms with E-state index >= 15 is 0 Å². The zero-order valence-corrected chi connectivity index (χ0v) is 14.2. The van der Waals surface area contributed by atoms with Gasteiger partial charge in [0.2, 0.25) is 0 Å². The fraction of sp³-hybridized carbons (Fsp3) is 0.923. The van der Waals surface area contributed by atoms with Crippen molar-refractivity contribution in [1.82, 2.24) is 3.11 Å². The Hall–Kier alpha value is 0.120. The van der Waals surface area contributed by atoms with E-state index in [9.17, 15) is 9.90 Å². The number of ether oxygens (including phenoxy) is 1. The maximum Gasteiger partial charge on any atom is 0.312 e. The Bertz CT molecular complexity index is 259. The van der Waals surface area contributed by atoms with Crippen molar-refractivity contribution < 1.29 is 14.6 Å². The molecule has 1 N–H and O–H groups in total. The highest BCUT2D eigenvalue weighted by Gasteiger charge is 2.37. The van der Waals surface area contributed by atoms with Crippen LogP contribution >= 0.6 is 22.9 Å². The molecule has 2 atom stereocenters. The van der Waals surface area contributed by atoms with Gasteiger partial charge in [0.1, 0.15) is 12.7 Å². The first-order valence-electron chi connectivity index (χ1n) is 6.46. The van der Waals surface area contributed by atoms with Crippen LogP contribution in [0.5, 0.6) is 0 Å². The number of carbonyl (C=O) groups excluding carboxylic acids is 1. The van der Waals surface area contributed by atoms with E-state index in [0.717, 1.165) is 12.8 Å². The van der Waals surface area contributed by atoms with Gasteiger partial charge in [0, 0.05) is 29.4 Å². The van der Waals surface area contributed by atoms with Crippen LogP contribution in [-0.2, 0) is 9.53 Å². The summed E-state index contributed by atoms with van der Waals surface area (Å²) < 4.78 is 7.10. The molecule has 0 aliphatic heterocycles. The normalized spacial score (nSPS) is 16.7. The number of rotatable bonds is 8. The number of carbonyl (C=O) groups is 1. The van der Waals surface area contributed by atoms with Crippen LogP contribution in [0.1, 0.15) is 40.5 Å². The molecule has 0 rings (SSSR count). The number of likely N-dealkylation sites (N-methyl/N-ethyl adjacent to an activating group) is 1. The maximum atomic E-state index is 12.1. The highest BCUT2D eigenvalue weighted by Crippen LogP contribution is 2.33. The highest BCUT2D eigenvalue weighted by molar-refractivity contribution is 14.1. The Kier molecular flexibility index (Phi) is 8.38. The molecular weight excluding hydrogens is 345 g/mol. The average Bonchev–Trinajstić information content (AvgIpc) is 2.24. The highest BCUT2D eigenvalue weighted by atomic mass is 127. The Morgan fingerprint density at radius 2 is 2.06 bits per heavy atom. The third kappa shape index (κ3) is 5.84. The van der Waals surface area contributed by atoms with E-state index < -0.39 is 11.5 Å². The van der Waals surface area contributed by atoms with Gasteiger partial charge in [-0.25, -0.2) is 3.11 Å². The van der Waals surface area contributed by atoms with E-state index in [1.54, 1.807) is 0 Å². The molecule has 0 aromatic rings. The van der Waals surface area contributed by atoms with Gasteiger partial charge < -0.3 is 9.84 Å². The molecule has 2 unspecified atom stereocenters. The second-order valence-corrected chi connectivity index (χ2v) is 7.01. The van der Waals surface area contributed by atoms with Crippen LogP contribution in [0, 0.1) is 11.3 Å². The molecule has 0 bridgehead atoms. The first kappa shape index (κ1) is 18.1. The molecule has 4 nitrogen and oxygen atoms in total. The van der Waals surface area contributed by atoms with Crippen molar-refractivity contribution >= 4 is 28.8 Å². The summed E-state index contributed by atoms with van der Waals surface area (Å²) in [4.78, 5) is 12.1. The van der Waals surface area contributed by atoms with Gasteiger partial charge in [0.15, 0.2) is 0 Å². The summed E-state index contributed by atoms with van der Waals surface area (Å²) in [6.07, 6.45) is 1.13. The number of aliphatic hydroxyl groups excluding tert-OH is 1. The van der Waals surface area contributed by atoms with Crippen LogP contribution in [0.3, 0.4) is 0 Å². The standard InChI is InChI=1S/C13H26INO3/c1-6-7-13(4,10(2)3)12(17)18-9-11(16)8-15(5)14/h10-11,16H,6-9H2,1-5H3. The lowest BCUT2D eigenvalue weighted by Crippen LogP contribution is -2.37. The summed E-state index contributed by atoms with van der Waals surface area (Å²) in [6, 6.07) is 0. The van der Waals surface area contributed by atoms with Crippen molar-refractivity contribution in [1.29, 1.82) is 0 Å². The van der Waals surface area contributed by atoms with E-state index in [1.807, 2.05) is 30.9 Å². The van der Waals surface area contributed by atoms with E-state index in [0.29, 0.717) is 6.54 Å². The molecule has 0 amide bonds. The summed E-state index contributed by atoms with van der Waals surface area (Å²) in [5, 5.41) is 9.68. The van der Waals surface area contributed by atoms with Crippen LogP contribution in [0.25, 0.3) is 0 Å². The minimum Gasteiger partial charge on any atom is -0.462 e. The Balaban J connectivity index is 4.36. The van der Waals surface area contributed by atoms with Gasteiger partial charge in [-0.3, -0.25) is 4.79 Å². The van der Waals surface area contributed by atoms with Gasteiger partial charge in [-0.15, -0.1) is 0 Å². The van der Waals surface area contributed by atoms with Crippen LogP contribution < -0.4 is 0 Å². The Morgan fingerprint density at radius 1 is 1.50 bits per heavy atom. The van der Waals surface area contributed by atoms with Crippen molar-refractivity contribution in [3.63, 3.8) is 0 Å². The topological polar surface area (TPSA) is 49.8 Å². The van der Waals surface area contributed by atoms with Crippen molar-refractivity contribution in [2.75, 3.05) is 20.2 Å². The minimum absolute atomic E-state index is 0.0677. The van der Waals surface area contributed by atoms with E-state index in [4.69, 9.17) is 4.74 Å². The van der Waals surface area contributed by atoms with Gasteiger partial charge in [-0.1, -0.05) is 27.2 Å². The largest absolute Gasteiger partial charge is 0.462 e. The zero-order valence-electron chi connectivity index (χ0n) is 12.1. The Morgan fingerprint density at radius 3 is 2.44 bits per heavy atom. The number of aliphatic hydroxyl groups is 1. The van der Waals surface area contributed by atoms with Gasteiger partial charge in [-0.05, 0) is 26.3 Å². The summed E-state index contributed by atoms with van der Waals surface area (Å²) in [5.41, 5.74) is -0.454. The summed E-state index contributed by atoms with van der Waals surface area (Å²) in [5.74, 6) is 0.0313. The molecular formula is C13H26INO3. The third-order valence-corrected chi connectivity index (χ3v) is 3.77. The van der Waals surface area contributed by atoms with E-state index in [-0.39, 0.29) is 18.5 Å². The molecule has 0 fully saturated rings.